The molecular formula is C16H16N4O3S. The van der Waals surface area contributed by atoms with Crippen LogP contribution in [0.2, 0.25) is 0 Å². The van der Waals surface area contributed by atoms with Crippen LogP contribution in [0.4, 0.5) is 0 Å². The van der Waals surface area contributed by atoms with Crippen molar-refractivity contribution in [1.82, 2.24) is 20.2 Å². The molecule has 0 aliphatic rings. The number of amides is 2. The summed E-state index contributed by atoms with van der Waals surface area (Å²) in [6, 6.07) is 7.10. The smallest absolute Gasteiger partial charge is 0.270 e. The molecule has 0 saturated carbocycles. The molecule has 2 N–H and O–H groups in total. The van der Waals surface area contributed by atoms with Crippen molar-refractivity contribution < 1.29 is 14.0 Å². The Morgan fingerprint density at radius 1 is 1.21 bits per heavy atom. The van der Waals surface area contributed by atoms with Gasteiger partial charge in [-0.25, -0.2) is 4.98 Å². The summed E-state index contributed by atoms with van der Waals surface area (Å²) in [4.78, 5) is 28.2. The van der Waals surface area contributed by atoms with Crippen molar-refractivity contribution in [3.05, 3.63) is 53.5 Å². The number of aryl methyl sites for hydroxylation is 1. The van der Waals surface area contributed by atoms with E-state index in [4.69, 9.17) is 4.42 Å². The fourth-order valence-electron chi connectivity index (χ4n) is 2.12. The summed E-state index contributed by atoms with van der Waals surface area (Å²) in [5.41, 5.74) is 0.907. The topological polar surface area (TPSA) is 89.2 Å². The van der Waals surface area contributed by atoms with Crippen molar-refractivity contribution in [3.63, 3.8) is 0 Å². The Morgan fingerprint density at radius 2 is 2.00 bits per heavy atom. The summed E-state index contributed by atoms with van der Waals surface area (Å²) in [5, 5.41) is 7.81. The van der Waals surface area contributed by atoms with E-state index >= 15 is 0 Å². The lowest BCUT2D eigenvalue weighted by molar-refractivity contribution is 0.0921. The second-order valence-electron chi connectivity index (χ2n) is 5.03. The summed E-state index contributed by atoms with van der Waals surface area (Å²) in [5.74, 6) is 0.177. The van der Waals surface area contributed by atoms with Gasteiger partial charge in [0.25, 0.3) is 11.8 Å². The van der Waals surface area contributed by atoms with E-state index in [9.17, 15) is 9.59 Å². The van der Waals surface area contributed by atoms with Gasteiger partial charge in [-0.05, 0) is 24.3 Å². The van der Waals surface area contributed by atoms with Crippen molar-refractivity contribution in [3.8, 4) is 10.8 Å². The van der Waals surface area contributed by atoms with E-state index in [1.54, 1.807) is 53.7 Å². The lowest BCUT2D eigenvalue weighted by atomic mass is 10.4. The second kappa shape index (κ2) is 7.14. The number of nitrogens with one attached hydrogen (secondary N) is 2. The monoisotopic (exact) mass is 344 g/mol. The van der Waals surface area contributed by atoms with Crippen molar-refractivity contribution >= 4 is 23.2 Å². The molecule has 124 valence electrons. The van der Waals surface area contributed by atoms with Crippen LogP contribution >= 0.6 is 11.3 Å². The van der Waals surface area contributed by atoms with E-state index in [-0.39, 0.29) is 11.8 Å². The van der Waals surface area contributed by atoms with Crippen molar-refractivity contribution in [2.24, 2.45) is 7.05 Å². The van der Waals surface area contributed by atoms with Crippen LogP contribution in [-0.4, -0.2) is 34.5 Å². The Bertz CT molecular complexity index is 835. The van der Waals surface area contributed by atoms with Gasteiger partial charge in [0, 0.05) is 31.7 Å². The van der Waals surface area contributed by atoms with Gasteiger partial charge in [-0.1, -0.05) is 0 Å². The van der Waals surface area contributed by atoms with Gasteiger partial charge in [-0.15, -0.1) is 11.3 Å². The van der Waals surface area contributed by atoms with Crippen LogP contribution in [0.5, 0.6) is 0 Å². The molecule has 0 aliphatic carbocycles. The lowest BCUT2D eigenvalue weighted by Gasteiger charge is -2.06. The first-order chi connectivity index (χ1) is 11.6. The number of thiazole rings is 1. The van der Waals surface area contributed by atoms with E-state index in [2.05, 4.69) is 15.6 Å². The molecule has 0 unspecified atom stereocenters. The first-order valence-corrected chi connectivity index (χ1v) is 8.20. The molecule has 0 spiro atoms. The summed E-state index contributed by atoms with van der Waals surface area (Å²) < 4.78 is 6.98. The molecule has 0 aromatic carbocycles. The highest BCUT2D eigenvalue weighted by Crippen LogP contribution is 2.23. The molecule has 3 heterocycles. The predicted molar refractivity (Wildman–Crippen MR) is 89.9 cm³/mol. The SMILES string of the molecule is Cn1cccc1C(=O)NCCNC(=O)c1csc(-c2ccco2)n1. The number of hydrogen-bond acceptors (Lipinski definition) is 5. The minimum Gasteiger partial charge on any atom is -0.462 e. The zero-order valence-corrected chi connectivity index (χ0v) is 13.8. The fraction of sp³-hybridized carbons (Fsp3) is 0.188. The van der Waals surface area contributed by atoms with Gasteiger partial charge in [0.05, 0.1) is 6.26 Å². The van der Waals surface area contributed by atoms with Crippen LogP contribution in [0.1, 0.15) is 21.0 Å². The number of carbonyl (C=O) groups excluding carboxylic acids is 2. The Morgan fingerprint density at radius 3 is 2.67 bits per heavy atom. The molecule has 0 bridgehead atoms. The minimum atomic E-state index is -0.280. The molecular weight excluding hydrogens is 328 g/mol. The highest BCUT2D eigenvalue weighted by atomic mass is 32.1. The van der Waals surface area contributed by atoms with Gasteiger partial charge < -0.3 is 19.6 Å². The number of nitrogens with zero attached hydrogens (tertiary/aromatic N) is 2. The number of rotatable bonds is 6. The van der Waals surface area contributed by atoms with Crippen molar-refractivity contribution in [2.75, 3.05) is 13.1 Å². The van der Waals surface area contributed by atoms with Crippen LogP contribution in [-0.2, 0) is 7.05 Å². The van der Waals surface area contributed by atoms with Gasteiger partial charge in [0.2, 0.25) is 0 Å². The molecule has 0 radical (unpaired) electrons. The minimum absolute atomic E-state index is 0.175. The predicted octanol–water partition coefficient (Wildman–Crippen LogP) is 1.90. The standard InChI is InChI=1S/C16H16N4O3S/c1-20-8-2-4-12(20)15(22)18-7-6-17-14(21)11-10-24-16(19-11)13-5-3-9-23-13/h2-5,8-10H,6-7H2,1H3,(H,17,21)(H,18,22). The maximum absolute atomic E-state index is 12.0. The largest absolute Gasteiger partial charge is 0.462 e. The normalized spacial score (nSPS) is 10.5. The van der Waals surface area contributed by atoms with Crippen LogP contribution in [0.25, 0.3) is 10.8 Å². The van der Waals surface area contributed by atoms with Gasteiger partial charge in [0.15, 0.2) is 10.8 Å². The quantitative estimate of drug-likeness (QED) is 0.669. The van der Waals surface area contributed by atoms with E-state index in [0.717, 1.165) is 0 Å². The van der Waals surface area contributed by atoms with Gasteiger partial charge in [0.1, 0.15) is 11.4 Å². The number of furan rings is 1. The molecule has 3 aromatic heterocycles. The number of carbonyl (C=O) groups is 2. The number of hydrogen-bond donors (Lipinski definition) is 2. The highest BCUT2D eigenvalue weighted by molar-refractivity contribution is 7.13. The third-order valence-electron chi connectivity index (χ3n) is 3.34. The first kappa shape index (κ1) is 16.0. The molecule has 0 aliphatic heterocycles. The zero-order valence-electron chi connectivity index (χ0n) is 13.0. The van der Waals surface area contributed by atoms with Gasteiger partial charge in [-0.3, -0.25) is 9.59 Å². The van der Waals surface area contributed by atoms with E-state index in [1.165, 1.54) is 11.3 Å². The van der Waals surface area contributed by atoms with E-state index in [1.807, 2.05) is 0 Å². The molecule has 3 aromatic rings. The summed E-state index contributed by atoms with van der Waals surface area (Å²) >= 11 is 1.34. The maximum Gasteiger partial charge on any atom is 0.270 e. The van der Waals surface area contributed by atoms with Crippen LogP contribution in [0.3, 0.4) is 0 Å². The summed E-state index contributed by atoms with van der Waals surface area (Å²) in [7, 11) is 1.80. The molecule has 3 rings (SSSR count). The average Bonchev–Trinajstić information content (AvgIpc) is 3.30. The molecule has 0 fully saturated rings. The van der Waals surface area contributed by atoms with Crippen molar-refractivity contribution in [1.29, 1.82) is 0 Å². The highest BCUT2D eigenvalue weighted by Gasteiger charge is 2.13. The third kappa shape index (κ3) is 3.54. The maximum atomic E-state index is 12.0. The Balaban J connectivity index is 1.46. The van der Waals surface area contributed by atoms with E-state index in [0.29, 0.717) is 35.2 Å². The van der Waals surface area contributed by atoms with Crippen LogP contribution in [0.15, 0.2) is 46.5 Å². The van der Waals surface area contributed by atoms with Crippen molar-refractivity contribution in [2.45, 2.75) is 0 Å². The molecule has 24 heavy (non-hydrogen) atoms. The Hall–Kier alpha value is -2.87. The number of aromatic nitrogens is 2. The zero-order chi connectivity index (χ0) is 16.9. The molecule has 0 atom stereocenters. The fourth-order valence-corrected chi connectivity index (χ4v) is 2.89. The molecule has 7 nitrogen and oxygen atoms in total. The average molecular weight is 344 g/mol. The molecule has 2 amide bonds. The van der Waals surface area contributed by atoms with E-state index < -0.39 is 0 Å². The van der Waals surface area contributed by atoms with Gasteiger partial charge >= 0.3 is 0 Å². The lowest BCUT2D eigenvalue weighted by Crippen LogP contribution is -2.35. The third-order valence-corrected chi connectivity index (χ3v) is 4.20. The molecule has 8 heteroatoms. The summed E-state index contributed by atoms with van der Waals surface area (Å²) in [6.07, 6.45) is 3.36. The Kier molecular flexibility index (Phi) is 4.76. The van der Waals surface area contributed by atoms with Crippen LogP contribution in [0, 0.1) is 0 Å². The Labute approximate surface area is 142 Å². The van der Waals surface area contributed by atoms with Crippen LogP contribution < -0.4 is 10.6 Å². The molecule has 0 saturated heterocycles. The summed E-state index contributed by atoms with van der Waals surface area (Å²) in [6.45, 7) is 0.660. The van der Waals surface area contributed by atoms with Gasteiger partial charge in [-0.2, -0.15) is 0 Å². The second-order valence-corrected chi connectivity index (χ2v) is 5.89. The first-order valence-electron chi connectivity index (χ1n) is 7.32.